The number of hydrogen-bond donors (Lipinski definition) is 0. The zero-order chi connectivity index (χ0) is 8.65. The molecule has 6 heteroatoms. The van der Waals surface area contributed by atoms with Crippen LogP contribution in [0.4, 0.5) is 13.2 Å². The fourth-order valence-corrected chi connectivity index (χ4v) is 0.727. The summed E-state index contributed by atoms with van der Waals surface area (Å²) in [7, 11) is 6.40. The van der Waals surface area contributed by atoms with Crippen molar-refractivity contribution in [3.05, 3.63) is 11.9 Å². The molecule has 1 rings (SSSR count). The molecule has 2 radical (unpaired) electrons. The molecule has 0 saturated carbocycles. The molecule has 0 saturated heterocycles. The van der Waals surface area contributed by atoms with Gasteiger partial charge in [-0.05, 0) is 5.46 Å². The average molecular weight is 160 g/mol. The van der Waals surface area contributed by atoms with Gasteiger partial charge in [0.1, 0.15) is 7.85 Å². The largest absolute Gasteiger partial charge is 0.434 e. The summed E-state index contributed by atoms with van der Waals surface area (Å²) in [5.41, 5.74) is -1.38. The number of aromatic nitrogens is 2. The molecular weight excluding hydrogens is 156 g/mol. The van der Waals surface area contributed by atoms with Crippen LogP contribution in [0.5, 0.6) is 0 Å². The summed E-state index contributed by atoms with van der Waals surface area (Å²) in [6.45, 7) is 0. The van der Waals surface area contributed by atoms with Gasteiger partial charge in [0.25, 0.3) is 0 Å². The Morgan fingerprint density at radius 2 is 2.09 bits per heavy atom. The zero-order valence-electron chi connectivity index (χ0n) is 5.68. The number of alkyl halides is 3. The molecule has 0 aliphatic rings. The van der Waals surface area contributed by atoms with Crippen molar-refractivity contribution in [2.75, 3.05) is 0 Å². The minimum absolute atomic E-state index is 0.347. The molecule has 0 unspecified atom stereocenters. The van der Waals surface area contributed by atoms with Gasteiger partial charge in [-0.1, -0.05) is 0 Å². The van der Waals surface area contributed by atoms with Gasteiger partial charge in [-0.15, -0.1) is 0 Å². The smallest absolute Gasteiger partial charge is 0.276 e. The van der Waals surface area contributed by atoms with E-state index >= 15 is 0 Å². The van der Waals surface area contributed by atoms with Crippen molar-refractivity contribution < 1.29 is 13.2 Å². The van der Waals surface area contributed by atoms with E-state index in [-0.39, 0.29) is 5.46 Å². The zero-order valence-corrected chi connectivity index (χ0v) is 5.68. The molecule has 0 aromatic carbocycles. The van der Waals surface area contributed by atoms with Crippen LogP contribution >= 0.6 is 0 Å². The van der Waals surface area contributed by atoms with E-state index in [0.717, 1.165) is 10.9 Å². The van der Waals surface area contributed by atoms with E-state index in [9.17, 15) is 13.2 Å². The monoisotopic (exact) mass is 160 g/mol. The van der Waals surface area contributed by atoms with E-state index in [1.54, 1.807) is 0 Å². The van der Waals surface area contributed by atoms with Crippen molar-refractivity contribution in [3.63, 3.8) is 0 Å². The van der Waals surface area contributed by atoms with Gasteiger partial charge >= 0.3 is 6.18 Å². The van der Waals surface area contributed by atoms with Crippen molar-refractivity contribution in [2.45, 2.75) is 6.18 Å². The first-order valence-electron chi connectivity index (χ1n) is 2.77. The molecule has 1 aromatic rings. The summed E-state index contributed by atoms with van der Waals surface area (Å²) in [5, 5.41) is 3.15. The summed E-state index contributed by atoms with van der Waals surface area (Å²) in [4.78, 5) is 0. The topological polar surface area (TPSA) is 17.8 Å². The van der Waals surface area contributed by atoms with Gasteiger partial charge < -0.3 is 0 Å². The Morgan fingerprint density at radius 3 is 2.27 bits per heavy atom. The fourth-order valence-electron chi connectivity index (χ4n) is 0.727. The molecule has 11 heavy (non-hydrogen) atoms. The van der Waals surface area contributed by atoms with Crippen LogP contribution in [0, 0.1) is 0 Å². The third-order valence-corrected chi connectivity index (χ3v) is 1.13. The molecule has 0 amide bonds. The van der Waals surface area contributed by atoms with Crippen LogP contribution in [0.1, 0.15) is 5.69 Å². The maximum absolute atomic E-state index is 11.9. The van der Waals surface area contributed by atoms with Crippen molar-refractivity contribution in [1.82, 2.24) is 9.78 Å². The van der Waals surface area contributed by atoms with E-state index in [1.807, 2.05) is 0 Å². The highest BCUT2D eigenvalue weighted by atomic mass is 19.4. The second kappa shape index (κ2) is 2.28. The first-order valence-corrected chi connectivity index (χ1v) is 2.77. The van der Waals surface area contributed by atoms with Crippen molar-refractivity contribution in [2.24, 2.45) is 7.05 Å². The standard InChI is InChI=1S/C5H4BF3N2/c1-11-2-3(6)4(10-11)5(7,8)9/h2H,1H3. The SMILES string of the molecule is [B]c1cn(C)nc1C(F)(F)F. The molecule has 0 atom stereocenters. The van der Waals surface area contributed by atoms with Gasteiger partial charge in [-0.25, -0.2) is 0 Å². The van der Waals surface area contributed by atoms with Crippen LogP contribution in [0.2, 0.25) is 0 Å². The maximum atomic E-state index is 11.9. The Morgan fingerprint density at radius 1 is 1.55 bits per heavy atom. The number of halogens is 3. The van der Waals surface area contributed by atoms with Crippen LogP contribution in [0.25, 0.3) is 0 Å². The summed E-state index contributed by atoms with van der Waals surface area (Å²) < 4.78 is 36.7. The lowest BCUT2D eigenvalue weighted by Crippen LogP contribution is -2.17. The highest BCUT2D eigenvalue weighted by Crippen LogP contribution is 2.25. The van der Waals surface area contributed by atoms with Crippen LogP contribution in [-0.2, 0) is 13.2 Å². The van der Waals surface area contributed by atoms with Crippen LogP contribution in [0.15, 0.2) is 6.20 Å². The van der Waals surface area contributed by atoms with Crippen LogP contribution in [-0.4, -0.2) is 17.6 Å². The van der Waals surface area contributed by atoms with E-state index < -0.39 is 11.9 Å². The predicted octanol–water partition coefficient (Wildman–Crippen LogP) is 0.233. The molecule has 0 aliphatic carbocycles. The molecule has 1 heterocycles. The second-order valence-corrected chi connectivity index (χ2v) is 2.10. The summed E-state index contributed by atoms with van der Waals surface area (Å²) >= 11 is 0. The third-order valence-electron chi connectivity index (χ3n) is 1.13. The predicted molar refractivity (Wildman–Crippen MR) is 33.6 cm³/mol. The van der Waals surface area contributed by atoms with Crippen molar-refractivity contribution in [3.8, 4) is 0 Å². The van der Waals surface area contributed by atoms with E-state index in [2.05, 4.69) is 5.10 Å². The Hall–Kier alpha value is -0.935. The van der Waals surface area contributed by atoms with Crippen LogP contribution < -0.4 is 5.46 Å². The number of aryl methyl sites for hydroxylation is 1. The lowest BCUT2D eigenvalue weighted by Gasteiger charge is -2.01. The molecule has 0 spiro atoms. The first-order chi connectivity index (χ1) is 4.91. The number of hydrogen-bond acceptors (Lipinski definition) is 1. The number of nitrogens with zero attached hydrogens (tertiary/aromatic N) is 2. The fraction of sp³-hybridized carbons (Fsp3) is 0.400. The van der Waals surface area contributed by atoms with Gasteiger partial charge in [0.15, 0.2) is 5.69 Å². The molecule has 0 bridgehead atoms. The van der Waals surface area contributed by atoms with Gasteiger partial charge in [-0.2, -0.15) is 18.3 Å². The van der Waals surface area contributed by atoms with E-state index in [1.165, 1.54) is 7.05 Å². The first kappa shape index (κ1) is 8.16. The molecule has 1 aromatic heterocycles. The van der Waals surface area contributed by atoms with Gasteiger partial charge in [0.05, 0.1) is 0 Å². The molecule has 0 aliphatic heterocycles. The Labute approximate surface area is 62.4 Å². The van der Waals surface area contributed by atoms with E-state index in [4.69, 9.17) is 7.85 Å². The van der Waals surface area contributed by atoms with Crippen molar-refractivity contribution >= 4 is 13.3 Å². The van der Waals surface area contributed by atoms with Gasteiger partial charge in [0, 0.05) is 13.2 Å². The summed E-state index contributed by atoms with van der Waals surface area (Å²) in [6.07, 6.45) is -3.34. The minimum Gasteiger partial charge on any atom is -0.276 e. The Bertz CT molecular complexity index is 265. The van der Waals surface area contributed by atoms with Crippen LogP contribution in [0.3, 0.4) is 0 Å². The normalized spacial score (nSPS) is 12.0. The third kappa shape index (κ3) is 1.55. The second-order valence-electron chi connectivity index (χ2n) is 2.10. The lowest BCUT2D eigenvalue weighted by atomic mass is 9.97. The molecule has 2 nitrogen and oxygen atoms in total. The van der Waals surface area contributed by atoms with Gasteiger partial charge in [-0.3, -0.25) is 4.68 Å². The molecular formula is C5H4BF3N2. The summed E-state index contributed by atoms with van der Waals surface area (Å²) in [6, 6.07) is 0. The molecule has 58 valence electrons. The highest BCUT2D eigenvalue weighted by Gasteiger charge is 2.35. The quantitative estimate of drug-likeness (QED) is 0.496. The average Bonchev–Trinajstić information content (AvgIpc) is 2.08. The van der Waals surface area contributed by atoms with E-state index in [0.29, 0.717) is 0 Å². The lowest BCUT2D eigenvalue weighted by molar-refractivity contribution is -0.140. The Balaban J connectivity index is 3.13. The van der Waals surface area contributed by atoms with Gasteiger partial charge in [0.2, 0.25) is 0 Å². The Kier molecular flexibility index (Phi) is 1.70. The maximum Gasteiger partial charge on any atom is 0.434 e. The number of rotatable bonds is 0. The highest BCUT2D eigenvalue weighted by molar-refractivity contribution is 6.33. The summed E-state index contributed by atoms with van der Waals surface area (Å²) in [5.74, 6) is 0. The molecule has 0 N–H and O–H groups in total. The minimum atomic E-state index is -4.45. The van der Waals surface area contributed by atoms with Crippen molar-refractivity contribution in [1.29, 1.82) is 0 Å². The molecule has 0 fully saturated rings.